The van der Waals surface area contributed by atoms with Crippen LogP contribution in [0.5, 0.6) is 0 Å². The van der Waals surface area contributed by atoms with Crippen LogP contribution in [-0.2, 0) is 4.79 Å². The standard InChI is InChI=1S/C17H22FN3O2/c18-13-6-5-7-15(10-13)21-12-14(11-16(21)22)19-17(23)20-8-3-1-2-4-9-20/h5-7,10,14H,1-4,8-9,11-12H2,(H,19,23). The van der Waals surface area contributed by atoms with Crippen molar-refractivity contribution in [3.05, 3.63) is 30.1 Å². The largest absolute Gasteiger partial charge is 0.333 e. The van der Waals surface area contributed by atoms with Gasteiger partial charge in [-0.3, -0.25) is 4.79 Å². The molecule has 1 atom stereocenters. The molecule has 0 radical (unpaired) electrons. The third-order valence-electron chi connectivity index (χ3n) is 4.47. The first-order valence-corrected chi connectivity index (χ1v) is 8.25. The van der Waals surface area contributed by atoms with Crippen molar-refractivity contribution in [2.24, 2.45) is 0 Å². The molecular weight excluding hydrogens is 297 g/mol. The van der Waals surface area contributed by atoms with Crippen molar-refractivity contribution in [3.8, 4) is 0 Å². The maximum Gasteiger partial charge on any atom is 0.317 e. The fourth-order valence-corrected chi connectivity index (χ4v) is 3.24. The molecule has 2 heterocycles. The van der Waals surface area contributed by atoms with Crippen LogP contribution >= 0.6 is 0 Å². The van der Waals surface area contributed by atoms with Crippen LogP contribution in [0.3, 0.4) is 0 Å². The number of carbonyl (C=O) groups excluding carboxylic acids is 2. The molecule has 6 heteroatoms. The number of nitrogens with one attached hydrogen (secondary N) is 1. The lowest BCUT2D eigenvalue weighted by atomic mass is 10.2. The van der Waals surface area contributed by atoms with E-state index in [1.54, 1.807) is 12.1 Å². The molecule has 3 amide bonds. The van der Waals surface area contributed by atoms with E-state index in [0.29, 0.717) is 12.2 Å². The zero-order chi connectivity index (χ0) is 16.2. The molecule has 124 valence electrons. The molecule has 1 unspecified atom stereocenters. The summed E-state index contributed by atoms with van der Waals surface area (Å²) in [5.41, 5.74) is 0.543. The van der Waals surface area contributed by atoms with Crippen LogP contribution in [0.15, 0.2) is 24.3 Å². The zero-order valence-corrected chi connectivity index (χ0v) is 13.1. The highest BCUT2D eigenvalue weighted by Gasteiger charge is 2.32. The first-order valence-electron chi connectivity index (χ1n) is 8.25. The fraction of sp³-hybridized carbons (Fsp3) is 0.529. The van der Waals surface area contributed by atoms with Crippen molar-refractivity contribution in [1.29, 1.82) is 0 Å². The maximum atomic E-state index is 13.3. The molecule has 2 aliphatic rings. The number of anilines is 1. The molecule has 0 bridgehead atoms. The van der Waals surface area contributed by atoms with E-state index in [1.807, 2.05) is 4.90 Å². The van der Waals surface area contributed by atoms with Crippen molar-refractivity contribution < 1.29 is 14.0 Å². The second-order valence-corrected chi connectivity index (χ2v) is 6.24. The lowest BCUT2D eigenvalue weighted by Gasteiger charge is -2.23. The summed E-state index contributed by atoms with van der Waals surface area (Å²) in [5, 5.41) is 2.95. The van der Waals surface area contributed by atoms with E-state index in [1.165, 1.54) is 29.9 Å². The highest BCUT2D eigenvalue weighted by Crippen LogP contribution is 2.22. The van der Waals surface area contributed by atoms with E-state index in [2.05, 4.69) is 5.32 Å². The van der Waals surface area contributed by atoms with Gasteiger partial charge in [-0.1, -0.05) is 18.9 Å². The van der Waals surface area contributed by atoms with Gasteiger partial charge in [0.2, 0.25) is 5.91 Å². The van der Waals surface area contributed by atoms with E-state index in [0.717, 1.165) is 25.9 Å². The third kappa shape index (κ3) is 3.81. The number of nitrogens with zero attached hydrogens (tertiary/aromatic N) is 2. The van der Waals surface area contributed by atoms with Crippen LogP contribution in [0.4, 0.5) is 14.9 Å². The van der Waals surface area contributed by atoms with E-state index in [-0.39, 0.29) is 30.2 Å². The summed E-state index contributed by atoms with van der Waals surface area (Å²) in [6.45, 7) is 1.95. The van der Waals surface area contributed by atoms with Gasteiger partial charge in [0, 0.05) is 31.7 Å². The number of benzene rings is 1. The van der Waals surface area contributed by atoms with Gasteiger partial charge in [-0.25, -0.2) is 9.18 Å². The number of carbonyl (C=O) groups is 2. The van der Waals surface area contributed by atoms with Gasteiger partial charge in [0.15, 0.2) is 0 Å². The number of urea groups is 1. The van der Waals surface area contributed by atoms with Crippen LogP contribution in [-0.4, -0.2) is 42.5 Å². The zero-order valence-electron chi connectivity index (χ0n) is 13.1. The average Bonchev–Trinajstić information content (AvgIpc) is 2.74. The average molecular weight is 319 g/mol. The predicted molar refractivity (Wildman–Crippen MR) is 85.7 cm³/mol. The summed E-state index contributed by atoms with van der Waals surface area (Å²) in [7, 11) is 0. The first-order chi connectivity index (χ1) is 11.1. The van der Waals surface area contributed by atoms with Gasteiger partial charge in [-0.05, 0) is 31.0 Å². The van der Waals surface area contributed by atoms with Crippen molar-refractivity contribution in [3.63, 3.8) is 0 Å². The molecule has 1 aromatic carbocycles. The Hall–Kier alpha value is -2.11. The minimum atomic E-state index is -0.368. The number of hydrogen-bond donors (Lipinski definition) is 1. The van der Waals surface area contributed by atoms with Gasteiger partial charge >= 0.3 is 6.03 Å². The number of amides is 3. The molecule has 5 nitrogen and oxygen atoms in total. The Kier molecular flexibility index (Phi) is 4.79. The molecule has 0 spiro atoms. The summed E-state index contributed by atoms with van der Waals surface area (Å²) >= 11 is 0. The monoisotopic (exact) mass is 319 g/mol. The molecule has 3 rings (SSSR count). The van der Waals surface area contributed by atoms with Gasteiger partial charge in [0.1, 0.15) is 5.82 Å². The Morgan fingerprint density at radius 1 is 1.17 bits per heavy atom. The van der Waals surface area contributed by atoms with Gasteiger partial charge < -0.3 is 15.1 Å². The van der Waals surface area contributed by atoms with E-state index < -0.39 is 0 Å². The lowest BCUT2D eigenvalue weighted by Crippen LogP contribution is -2.46. The fourth-order valence-electron chi connectivity index (χ4n) is 3.24. The summed E-state index contributed by atoms with van der Waals surface area (Å²) in [5.74, 6) is -0.455. The molecule has 2 aliphatic heterocycles. The Labute approximate surface area is 135 Å². The summed E-state index contributed by atoms with van der Waals surface area (Å²) in [6.07, 6.45) is 4.66. The molecule has 2 fully saturated rings. The summed E-state index contributed by atoms with van der Waals surface area (Å²) in [4.78, 5) is 27.9. The SMILES string of the molecule is O=C(NC1CC(=O)N(c2cccc(F)c2)C1)N1CCCCCC1. The van der Waals surface area contributed by atoms with E-state index in [4.69, 9.17) is 0 Å². The van der Waals surface area contributed by atoms with Crippen LogP contribution in [0, 0.1) is 5.82 Å². The van der Waals surface area contributed by atoms with Gasteiger partial charge in [-0.15, -0.1) is 0 Å². The molecule has 0 aromatic heterocycles. The normalized spacial score (nSPS) is 22.1. The number of hydrogen-bond acceptors (Lipinski definition) is 2. The molecular formula is C17H22FN3O2. The van der Waals surface area contributed by atoms with E-state index in [9.17, 15) is 14.0 Å². The van der Waals surface area contributed by atoms with Crippen molar-refractivity contribution in [2.75, 3.05) is 24.5 Å². The quantitative estimate of drug-likeness (QED) is 0.910. The number of rotatable bonds is 2. The molecule has 0 saturated carbocycles. The topological polar surface area (TPSA) is 52.7 Å². The molecule has 0 aliphatic carbocycles. The smallest absolute Gasteiger partial charge is 0.317 e. The van der Waals surface area contributed by atoms with Crippen LogP contribution in [0.25, 0.3) is 0 Å². The Morgan fingerprint density at radius 2 is 1.91 bits per heavy atom. The Morgan fingerprint density at radius 3 is 2.61 bits per heavy atom. The molecule has 1 aromatic rings. The Balaban J connectivity index is 1.60. The minimum absolute atomic E-state index is 0.0863. The predicted octanol–water partition coefficient (Wildman–Crippen LogP) is 2.52. The van der Waals surface area contributed by atoms with Gasteiger partial charge in [0.25, 0.3) is 0 Å². The van der Waals surface area contributed by atoms with E-state index >= 15 is 0 Å². The van der Waals surface area contributed by atoms with Crippen LogP contribution in [0.2, 0.25) is 0 Å². The second kappa shape index (κ2) is 6.98. The number of likely N-dealkylation sites (tertiary alicyclic amines) is 1. The maximum absolute atomic E-state index is 13.3. The van der Waals surface area contributed by atoms with Crippen molar-refractivity contribution >= 4 is 17.6 Å². The minimum Gasteiger partial charge on any atom is -0.333 e. The van der Waals surface area contributed by atoms with Gasteiger partial charge in [-0.2, -0.15) is 0 Å². The van der Waals surface area contributed by atoms with Crippen LogP contribution in [0.1, 0.15) is 32.1 Å². The highest BCUT2D eigenvalue weighted by molar-refractivity contribution is 5.96. The number of halogens is 1. The highest BCUT2D eigenvalue weighted by atomic mass is 19.1. The second-order valence-electron chi connectivity index (χ2n) is 6.24. The molecule has 2 saturated heterocycles. The lowest BCUT2D eigenvalue weighted by molar-refractivity contribution is -0.117. The van der Waals surface area contributed by atoms with Gasteiger partial charge in [0.05, 0.1) is 6.04 Å². The molecule has 1 N–H and O–H groups in total. The van der Waals surface area contributed by atoms with Crippen molar-refractivity contribution in [2.45, 2.75) is 38.1 Å². The first kappa shape index (κ1) is 15.8. The summed E-state index contributed by atoms with van der Waals surface area (Å²) in [6, 6.07) is 5.67. The Bertz CT molecular complexity index is 585. The van der Waals surface area contributed by atoms with Crippen molar-refractivity contribution in [1.82, 2.24) is 10.2 Å². The van der Waals surface area contributed by atoms with Crippen LogP contribution < -0.4 is 10.2 Å². The summed E-state index contributed by atoms with van der Waals surface area (Å²) < 4.78 is 13.3. The molecule has 23 heavy (non-hydrogen) atoms. The third-order valence-corrected chi connectivity index (χ3v) is 4.47.